The third-order valence-electron chi connectivity index (χ3n) is 3.73. The summed E-state index contributed by atoms with van der Waals surface area (Å²) in [6.45, 7) is 8.45. The van der Waals surface area contributed by atoms with Crippen LogP contribution in [0.3, 0.4) is 0 Å². The van der Waals surface area contributed by atoms with Crippen LogP contribution in [0, 0.1) is 5.92 Å². The van der Waals surface area contributed by atoms with Crippen LogP contribution in [0.4, 0.5) is 0 Å². The summed E-state index contributed by atoms with van der Waals surface area (Å²) in [4.78, 5) is 14.5. The van der Waals surface area contributed by atoms with E-state index in [4.69, 9.17) is 0 Å². The summed E-state index contributed by atoms with van der Waals surface area (Å²) in [6.07, 6.45) is 1.03. The smallest absolute Gasteiger partial charge is 0.241 e. The number of carbonyl (C=O) groups is 1. The second-order valence-corrected chi connectivity index (χ2v) is 6.13. The molecule has 0 spiro atoms. The van der Waals surface area contributed by atoms with E-state index in [0.717, 1.165) is 6.42 Å². The molecule has 1 aromatic rings. The zero-order chi connectivity index (χ0) is 13.3. The number of nitrogens with zero attached hydrogens (tertiary/aromatic N) is 1. The van der Waals surface area contributed by atoms with Crippen LogP contribution in [0.2, 0.25) is 0 Å². The Morgan fingerprint density at radius 1 is 1.44 bits per heavy atom. The van der Waals surface area contributed by atoms with Gasteiger partial charge in [0.25, 0.3) is 0 Å². The van der Waals surface area contributed by atoms with Gasteiger partial charge in [0.2, 0.25) is 5.91 Å². The Bertz CT molecular complexity index is 402. The maximum absolute atomic E-state index is 12.5. The van der Waals surface area contributed by atoms with E-state index in [2.05, 4.69) is 49.8 Å². The molecule has 1 aromatic heterocycles. The van der Waals surface area contributed by atoms with Gasteiger partial charge in [0, 0.05) is 6.04 Å². The minimum atomic E-state index is -0.0519. The molecule has 2 rings (SSSR count). The van der Waals surface area contributed by atoms with Crippen LogP contribution in [-0.2, 0) is 4.79 Å². The van der Waals surface area contributed by atoms with E-state index in [1.54, 1.807) is 11.3 Å². The van der Waals surface area contributed by atoms with E-state index in [0.29, 0.717) is 5.92 Å². The van der Waals surface area contributed by atoms with Gasteiger partial charge in [-0.2, -0.15) is 11.3 Å². The molecule has 3 unspecified atom stereocenters. The molecule has 18 heavy (non-hydrogen) atoms. The number of carbonyl (C=O) groups excluding carboxylic acids is 1. The Hall–Kier alpha value is -0.870. The Kier molecular flexibility index (Phi) is 4.07. The normalized spacial score (nSPS) is 26.1. The third-order valence-corrected chi connectivity index (χ3v) is 4.43. The molecule has 1 amide bonds. The highest BCUT2D eigenvalue weighted by Gasteiger charge is 2.42. The summed E-state index contributed by atoms with van der Waals surface area (Å²) >= 11 is 1.68. The number of rotatable bonds is 4. The minimum Gasteiger partial charge on any atom is -0.319 e. The van der Waals surface area contributed by atoms with E-state index in [1.807, 2.05) is 4.90 Å². The van der Waals surface area contributed by atoms with Gasteiger partial charge in [-0.1, -0.05) is 20.8 Å². The molecule has 1 aliphatic rings. The van der Waals surface area contributed by atoms with Gasteiger partial charge in [0.1, 0.15) is 6.17 Å². The summed E-state index contributed by atoms with van der Waals surface area (Å²) in [5, 5.41) is 7.69. The monoisotopic (exact) mass is 266 g/mol. The fraction of sp³-hybridized carbons (Fsp3) is 0.643. The van der Waals surface area contributed by atoms with Crippen molar-refractivity contribution in [3.05, 3.63) is 22.4 Å². The van der Waals surface area contributed by atoms with Gasteiger partial charge in [-0.15, -0.1) is 0 Å². The van der Waals surface area contributed by atoms with Gasteiger partial charge >= 0.3 is 0 Å². The van der Waals surface area contributed by atoms with Crippen molar-refractivity contribution >= 4 is 17.2 Å². The fourth-order valence-corrected chi connectivity index (χ4v) is 3.12. The van der Waals surface area contributed by atoms with Crippen LogP contribution in [0.25, 0.3) is 0 Å². The fourth-order valence-electron chi connectivity index (χ4n) is 2.44. The molecule has 1 N–H and O–H groups in total. The van der Waals surface area contributed by atoms with E-state index in [-0.39, 0.29) is 24.2 Å². The summed E-state index contributed by atoms with van der Waals surface area (Å²) in [7, 11) is 0. The average Bonchev–Trinajstić information content (AvgIpc) is 2.94. The van der Waals surface area contributed by atoms with Gasteiger partial charge in [0.05, 0.1) is 6.04 Å². The van der Waals surface area contributed by atoms with Gasteiger partial charge < -0.3 is 4.90 Å². The van der Waals surface area contributed by atoms with Gasteiger partial charge in [-0.3, -0.25) is 10.1 Å². The van der Waals surface area contributed by atoms with Crippen molar-refractivity contribution in [2.45, 2.75) is 52.4 Å². The van der Waals surface area contributed by atoms with Crippen molar-refractivity contribution in [2.75, 3.05) is 0 Å². The molecule has 100 valence electrons. The third kappa shape index (κ3) is 2.31. The van der Waals surface area contributed by atoms with Crippen LogP contribution >= 0.6 is 11.3 Å². The van der Waals surface area contributed by atoms with Crippen molar-refractivity contribution in [1.29, 1.82) is 0 Å². The van der Waals surface area contributed by atoms with Crippen molar-refractivity contribution in [3.63, 3.8) is 0 Å². The molecule has 1 aliphatic heterocycles. The van der Waals surface area contributed by atoms with Crippen molar-refractivity contribution in [3.8, 4) is 0 Å². The average molecular weight is 266 g/mol. The molecule has 0 saturated carbocycles. The van der Waals surface area contributed by atoms with Gasteiger partial charge in [-0.25, -0.2) is 0 Å². The highest BCUT2D eigenvalue weighted by Crippen LogP contribution is 2.31. The molecule has 4 heteroatoms. The van der Waals surface area contributed by atoms with Crippen LogP contribution in [0.1, 0.15) is 45.8 Å². The summed E-state index contributed by atoms with van der Waals surface area (Å²) in [5.74, 6) is 0.572. The molecule has 0 bridgehead atoms. The molecule has 1 fully saturated rings. The lowest BCUT2D eigenvalue weighted by atomic mass is 10.0. The standard InChI is InChI=1S/C14H22N2OS/c1-5-10(4)16-13(11-6-7-18-8-11)15-12(9(2)3)14(16)17/h6-10,12-13,15H,5H2,1-4H3. The Morgan fingerprint density at radius 3 is 2.67 bits per heavy atom. The first-order valence-corrected chi connectivity index (χ1v) is 7.60. The number of nitrogens with one attached hydrogen (secondary N) is 1. The summed E-state index contributed by atoms with van der Waals surface area (Å²) < 4.78 is 0. The lowest BCUT2D eigenvalue weighted by molar-refractivity contribution is -0.132. The molecule has 3 nitrogen and oxygen atoms in total. The lowest BCUT2D eigenvalue weighted by Crippen LogP contribution is -2.39. The van der Waals surface area contributed by atoms with Crippen LogP contribution < -0.4 is 5.32 Å². The molecule has 0 aromatic carbocycles. The lowest BCUT2D eigenvalue weighted by Gasteiger charge is -2.29. The zero-order valence-electron chi connectivity index (χ0n) is 11.5. The maximum Gasteiger partial charge on any atom is 0.241 e. The van der Waals surface area contributed by atoms with Gasteiger partial charge in [-0.05, 0) is 41.7 Å². The molecular formula is C14H22N2OS. The first-order chi connectivity index (χ1) is 8.56. The Labute approximate surface area is 113 Å². The molecule has 2 heterocycles. The van der Waals surface area contributed by atoms with Crippen molar-refractivity contribution < 1.29 is 4.79 Å². The quantitative estimate of drug-likeness (QED) is 0.908. The maximum atomic E-state index is 12.5. The molecule has 0 radical (unpaired) electrons. The molecule has 0 aliphatic carbocycles. The van der Waals surface area contributed by atoms with Crippen LogP contribution in [0.5, 0.6) is 0 Å². The number of amides is 1. The van der Waals surface area contributed by atoms with Crippen molar-refractivity contribution in [1.82, 2.24) is 10.2 Å². The van der Waals surface area contributed by atoms with E-state index in [1.165, 1.54) is 5.56 Å². The van der Waals surface area contributed by atoms with Crippen LogP contribution in [-0.4, -0.2) is 22.9 Å². The second-order valence-electron chi connectivity index (χ2n) is 5.35. The SMILES string of the molecule is CCC(C)N1C(=O)C(C(C)C)NC1c1ccsc1. The summed E-state index contributed by atoms with van der Waals surface area (Å²) in [5.41, 5.74) is 1.21. The predicted octanol–water partition coefficient (Wildman–Crippen LogP) is 3.00. The van der Waals surface area contributed by atoms with E-state index in [9.17, 15) is 4.79 Å². The van der Waals surface area contributed by atoms with Crippen molar-refractivity contribution in [2.24, 2.45) is 5.92 Å². The van der Waals surface area contributed by atoms with Crippen LogP contribution in [0.15, 0.2) is 16.8 Å². The predicted molar refractivity (Wildman–Crippen MR) is 75.4 cm³/mol. The Morgan fingerprint density at radius 2 is 2.17 bits per heavy atom. The highest BCUT2D eigenvalue weighted by molar-refractivity contribution is 7.07. The highest BCUT2D eigenvalue weighted by atomic mass is 32.1. The molecular weight excluding hydrogens is 244 g/mol. The largest absolute Gasteiger partial charge is 0.319 e. The first-order valence-electron chi connectivity index (χ1n) is 6.66. The van der Waals surface area contributed by atoms with E-state index >= 15 is 0 Å². The number of thiophene rings is 1. The number of hydrogen-bond donors (Lipinski definition) is 1. The van der Waals surface area contributed by atoms with E-state index < -0.39 is 0 Å². The molecule has 3 atom stereocenters. The van der Waals surface area contributed by atoms with Gasteiger partial charge in [0.15, 0.2) is 0 Å². The molecule has 1 saturated heterocycles. The Balaban J connectivity index is 2.29. The summed E-state index contributed by atoms with van der Waals surface area (Å²) in [6, 6.07) is 2.33. The topological polar surface area (TPSA) is 32.3 Å². The zero-order valence-corrected chi connectivity index (χ0v) is 12.3. The minimum absolute atomic E-state index is 0.0473. The first kappa shape index (κ1) is 13.6. The second kappa shape index (κ2) is 5.41. The number of hydrogen-bond acceptors (Lipinski definition) is 3.